The summed E-state index contributed by atoms with van der Waals surface area (Å²) in [5, 5.41) is 2.82. The van der Waals surface area contributed by atoms with Gasteiger partial charge in [0.25, 0.3) is 0 Å². The van der Waals surface area contributed by atoms with E-state index in [2.05, 4.69) is 21.2 Å². The van der Waals surface area contributed by atoms with Gasteiger partial charge in [-0.05, 0) is 31.2 Å². The average molecular weight is 353 g/mol. The van der Waals surface area contributed by atoms with Crippen LogP contribution in [0, 0.1) is 11.6 Å². The van der Waals surface area contributed by atoms with Gasteiger partial charge in [-0.1, -0.05) is 27.5 Å². The van der Waals surface area contributed by atoms with E-state index in [1.54, 1.807) is 6.07 Å². The molecule has 0 saturated heterocycles. The van der Waals surface area contributed by atoms with Crippen molar-refractivity contribution in [3.8, 4) is 0 Å². The van der Waals surface area contributed by atoms with Crippen LogP contribution in [0.1, 0.15) is 17.8 Å². The summed E-state index contributed by atoms with van der Waals surface area (Å²) in [5.41, 5.74) is -0.129. The molecule has 1 aromatic heterocycles. The zero-order chi connectivity index (χ0) is 13.3. The molecule has 96 valence electrons. The lowest BCUT2D eigenvalue weighted by Gasteiger charge is -2.15. The predicted molar refractivity (Wildman–Crippen MR) is 75.4 cm³/mol. The molecule has 1 atom stereocenters. The molecule has 2 aromatic rings. The third kappa shape index (κ3) is 3.02. The second-order valence-electron chi connectivity index (χ2n) is 3.75. The van der Waals surface area contributed by atoms with Crippen LogP contribution in [0.15, 0.2) is 28.7 Å². The van der Waals surface area contributed by atoms with Gasteiger partial charge in [0.2, 0.25) is 0 Å². The first-order valence-corrected chi connectivity index (χ1v) is 7.12. The maximum absolute atomic E-state index is 13.6. The minimum Gasteiger partial charge on any atom is -0.373 e. The van der Waals surface area contributed by atoms with E-state index >= 15 is 0 Å². The van der Waals surface area contributed by atoms with Crippen LogP contribution >= 0.6 is 38.9 Å². The van der Waals surface area contributed by atoms with E-state index in [4.69, 9.17) is 11.6 Å². The topological polar surface area (TPSA) is 12.0 Å². The van der Waals surface area contributed by atoms with Gasteiger partial charge in [-0.2, -0.15) is 0 Å². The molecule has 0 saturated carbocycles. The monoisotopic (exact) mass is 351 g/mol. The first-order chi connectivity index (χ1) is 8.47. The molecule has 1 nitrogen and oxygen atoms in total. The molecule has 6 heteroatoms. The molecule has 2 rings (SSSR count). The molecule has 0 fully saturated rings. The Morgan fingerprint density at radius 2 is 1.89 bits per heavy atom. The summed E-state index contributed by atoms with van der Waals surface area (Å²) in [6.07, 6.45) is 0. The van der Waals surface area contributed by atoms with Crippen molar-refractivity contribution < 1.29 is 8.78 Å². The van der Waals surface area contributed by atoms with Crippen molar-refractivity contribution in [3.63, 3.8) is 0 Å². The van der Waals surface area contributed by atoms with Gasteiger partial charge in [-0.3, -0.25) is 0 Å². The molecule has 1 aromatic carbocycles. The van der Waals surface area contributed by atoms with E-state index in [1.165, 1.54) is 23.5 Å². The standard InChI is InChI=1S/C12H9BrClF2NS/c1-6(10-2-3-11(14)18-10)17-12-8(15)4-7(13)5-9(12)16/h2-6,17H,1H3. The van der Waals surface area contributed by atoms with Crippen LogP contribution in [0.5, 0.6) is 0 Å². The van der Waals surface area contributed by atoms with Crippen molar-refractivity contribution in [2.75, 3.05) is 5.32 Å². The lowest BCUT2D eigenvalue weighted by molar-refractivity contribution is 0.583. The van der Waals surface area contributed by atoms with Crippen molar-refractivity contribution in [1.29, 1.82) is 0 Å². The van der Waals surface area contributed by atoms with Crippen LogP contribution < -0.4 is 5.32 Å². The summed E-state index contributed by atoms with van der Waals surface area (Å²) in [7, 11) is 0. The molecule has 1 N–H and O–H groups in total. The van der Waals surface area contributed by atoms with Crippen molar-refractivity contribution >= 4 is 44.6 Å². The zero-order valence-electron chi connectivity index (χ0n) is 9.31. The van der Waals surface area contributed by atoms with Gasteiger partial charge in [0, 0.05) is 9.35 Å². The number of rotatable bonds is 3. The van der Waals surface area contributed by atoms with Crippen molar-refractivity contribution in [3.05, 3.63) is 49.6 Å². The Bertz CT molecular complexity index is 550. The Hall–Kier alpha value is -0.650. The third-order valence-electron chi connectivity index (χ3n) is 2.39. The van der Waals surface area contributed by atoms with Crippen LogP contribution in [0.2, 0.25) is 4.34 Å². The molecule has 0 amide bonds. The van der Waals surface area contributed by atoms with Gasteiger partial charge in [0.05, 0.1) is 10.4 Å². The summed E-state index contributed by atoms with van der Waals surface area (Å²) in [5.74, 6) is -1.26. The highest BCUT2D eigenvalue weighted by molar-refractivity contribution is 9.10. The number of thiophene rings is 1. The van der Waals surface area contributed by atoms with Crippen molar-refractivity contribution in [2.24, 2.45) is 0 Å². The molecule has 0 spiro atoms. The Balaban J connectivity index is 2.24. The predicted octanol–water partition coefficient (Wildman–Crippen LogP) is 5.62. The molecule has 0 aliphatic heterocycles. The largest absolute Gasteiger partial charge is 0.373 e. The quantitative estimate of drug-likeness (QED) is 0.756. The van der Waals surface area contributed by atoms with Crippen molar-refractivity contribution in [2.45, 2.75) is 13.0 Å². The summed E-state index contributed by atoms with van der Waals surface area (Å²) in [6, 6.07) is 5.82. The highest BCUT2D eigenvalue weighted by Gasteiger charge is 2.15. The van der Waals surface area contributed by atoms with E-state index in [-0.39, 0.29) is 11.7 Å². The van der Waals surface area contributed by atoms with E-state index in [9.17, 15) is 8.78 Å². The number of hydrogen-bond donors (Lipinski definition) is 1. The molecule has 0 radical (unpaired) electrons. The van der Waals surface area contributed by atoms with Gasteiger partial charge in [0.1, 0.15) is 17.3 Å². The number of nitrogens with one attached hydrogen (secondary N) is 1. The number of benzene rings is 1. The molecular formula is C12H9BrClF2NS. The lowest BCUT2D eigenvalue weighted by Crippen LogP contribution is -2.08. The minimum absolute atomic E-state index is 0.129. The highest BCUT2D eigenvalue weighted by Crippen LogP contribution is 2.31. The fourth-order valence-corrected chi connectivity index (χ4v) is 2.99. The Morgan fingerprint density at radius 3 is 2.39 bits per heavy atom. The third-order valence-corrected chi connectivity index (χ3v) is 4.26. The zero-order valence-corrected chi connectivity index (χ0v) is 12.5. The second-order valence-corrected chi connectivity index (χ2v) is 6.41. The smallest absolute Gasteiger partial charge is 0.150 e. The molecule has 1 heterocycles. The highest BCUT2D eigenvalue weighted by atomic mass is 79.9. The average Bonchev–Trinajstić information content (AvgIpc) is 2.70. The van der Waals surface area contributed by atoms with Gasteiger partial charge >= 0.3 is 0 Å². The summed E-state index contributed by atoms with van der Waals surface area (Å²) < 4.78 is 28.3. The molecule has 1 unspecified atom stereocenters. The maximum atomic E-state index is 13.6. The van der Waals surface area contributed by atoms with Crippen LogP contribution in [0.25, 0.3) is 0 Å². The van der Waals surface area contributed by atoms with Crippen molar-refractivity contribution in [1.82, 2.24) is 0 Å². The molecule has 0 aliphatic carbocycles. The van der Waals surface area contributed by atoms with Gasteiger partial charge < -0.3 is 5.32 Å². The summed E-state index contributed by atoms with van der Waals surface area (Å²) in [6.45, 7) is 1.82. The van der Waals surface area contributed by atoms with Crippen LogP contribution in [-0.4, -0.2) is 0 Å². The fourth-order valence-electron chi connectivity index (χ4n) is 1.53. The summed E-state index contributed by atoms with van der Waals surface area (Å²) in [4.78, 5) is 0.918. The van der Waals surface area contributed by atoms with Gasteiger partial charge in [0.15, 0.2) is 0 Å². The molecule has 18 heavy (non-hydrogen) atoms. The Kier molecular flexibility index (Phi) is 4.25. The Labute approximate surface area is 121 Å². The first-order valence-electron chi connectivity index (χ1n) is 5.13. The van der Waals surface area contributed by atoms with E-state index in [1.807, 2.05) is 13.0 Å². The van der Waals surface area contributed by atoms with Gasteiger partial charge in [-0.15, -0.1) is 11.3 Å². The maximum Gasteiger partial charge on any atom is 0.150 e. The van der Waals surface area contributed by atoms with Gasteiger partial charge in [-0.25, -0.2) is 8.78 Å². The SMILES string of the molecule is CC(Nc1c(F)cc(Br)cc1F)c1ccc(Cl)s1. The molecular weight excluding hydrogens is 344 g/mol. The summed E-state index contributed by atoms with van der Waals surface area (Å²) >= 11 is 10.2. The normalized spacial score (nSPS) is 12.5. The minimum atomic E-state index is -0.628. The number of hydrogen-bond acceptors (Lipinski definition) is 2. The Morgan fingerprint density at radius 1 is 1.28 bits per heavy atom. The van der Waals surface area contributed by atoms with Crippen LogP contribution in [-0.2, 0) is 0 Å². The fraction of sp³-hybridized carbons (Fsp3) is 0.167. The molecule has 0 bridgehead atoms. The van der Waals surface area contributed by atoms with Crippen LogP contribution in [0.4, 0.5) is 14.5 Å². The second kappa shape index (κ2) is 5.55. The number of halogens is 4. The van der Waals surface area contributed by atoms with E-state index < -0.39 is 11.6 Å². The van der Waals surface area contributed by atoms with E-state index in [0.717, 1.165) is 4.88 Å². The lowest BCUT2D eigenvalue weighted by atomic mass is 10.2. The van der Waals surface area contributed by atoms with Crippen LogP contribution in [0.3, 0.4) is 0 Å². The van der Waals surface area contributed by atoms with E-state index in [0.29, 0.717) is 8.81 Å². The number of anilines is 1. The molecule has 0 aliphatic rings. The first kappa shape index (κ1) is 13.8.